The summed E-state index contributed by atoms with van der Waals surface area (Å²) in [5.74, 6) is -0.0363. The Morgan fingerprint density at radius 3 is 2.65 bits per heavy atom. The summed E-state index contributed by atoms with van der Waals surface area (Å²) in [5.41, 5.74) is 0.212. The van der Waals surface area contributed by atoms with Crippen molar-refractivity contribution in [1.29, 1.82) is 0 Å². The number of carbonyl (C=O) groups excluding carboxylic acids is 1. The number of primary sulfonamides is 1. The van der Waals surface area contributed by atoms with Gasteiger partial charge in [0.15, 0.2) is 5.69 Å². The Kier molecular flexibility index (Phi) is 4.14. The Bertz CT molecular complexity index is 604. The Labute approximate surface area is 118 Å². The average Bonchev–Trinajstić information content (AvgIpc) is 2.69. The van der Waals surface area contributed by atoms with Gasteiger partial charge in [0.2, 0.25) is 10.0 Å². The predicted octanol–water partition coefficient (Wildman–Crippen LogP) is 0.538. The molecule has 112 valence electrons. The van der Waals surface area contributed by atoms with Crippen molar-refractivity contribution in [2.45, 2.75) is 50.5 Å². The molecule has 1 aliphatic carbocycles. The number of nitrogens with two attached hydrogens (primary N) is 1. The van der Waals surface area contributed by atoms with Gasteiger partial charge in [0, 0.05) is 6.04 Å². The van der Waals surface area contributed by atoms with E-state index in [-0.39, 0.29) is 16.6 Å². The summed E-state index contributed by atoms with van der Waals surface area (Å²) < 4.78 is 23.2. The van der Waals surface area contributed by atoms with Gasteiger partial charge in [-0.05, 0) is 32.1 Å². The highest BCUT2D eigenvalue weighted by atomic mass is 32.2. The number of aromatic amines is 1. The van der Waals surface area contributed by atoms with E-state index in [2.05, 4.69) is 15.5 Å². The highest BCUT2D eigenvalue weighted by molar-refractivity contribution is 7.89. The van der Waals surface area contributed by atoms with E-state index in [0.29, 0.717) is 18.0 Å². The smallest absolute Gasteiger partial charge is 0.273 e. The zero-order valence-corrected chi connectivity index (χ0v) is 12.5. The lowest BCUT2D eigenvalue weighted by Gasteiger charge is -2.31. The van der Waals surface area contributed by atoms with E-state index in [1.807, 2.05) is 6.92 Å². The van der Waals surface area contributed by atoms with Crippen LogP contribution in [-0.2, 0) is 16.4 Å². The maximum absolute atomic E-state index is 12.2. The number of H-pyrrole nitrogens is 1. The number of amides is 1. The molecule has 1 aromatic heterocycles. The van der Waals surface area contributed by atoms with E-state index < -0.39 is 15.9 Å². The number of nitrogens with zero attached hydrogens (tertiary/aromatic N) is 1. The van der Waals surface area contributed by atoms with Crippen LogP contribution in [-0.4, -0.2) is 30.6 Å². The third-order valence-electron chi connectivity index (χ3n) is 3.86. The molecule has 2 rings (SSSR count). The lowest BCUT2D eigenvalue weighted by atomic mass is 9.80. The van der Waals surface area contributed by atoms with Gasteiger partial charge in [-0.2, -0.15) is 5.10 Å². The summed E-state index contributed by atoms with van der Waals surface area (Å²) >= 11 is 0. The van der Waals surface area contributed by atoms with Gasteiger partial charge in [-0.15, -0.1) is 0 Å². The quantitative estimate of drug-likeness (QED) is 0.735. The number of rotatable bonds is 5. The number of sulfonamides is 1. The molecule has 4 N–H and O–H groups in total. The molecule has 1 saturated carbocycles. The molecule has 0 aliphatic heterocycles. The van der Waals surface area contributed by atoms with Crippen LogP contribution >= 0.6 is 0 Å². The van der Waals surface area contributed by atoms with Crippen LogP contribution in [0, 0.1) is 5.92 Å². The zero-order chi connectivity index (χ0) is 14.9. The van der Waals surface area contributed by atoms with Crippen LogP contribution in [0.15, 0.2) is 4.90 Å². The van der Waals surface area contributed by atoms with Gasteiger partial charge in [-0.1, -0.05) is 13.3 Å². The van der Waals surface area contributed by atoms with Crippen LogP contribution in [0.3, 0.4) is 0 Å². The molecule has 1 atom stereocenters. The van der Waals surface area contributed by atoms with E-state index >= 15 is 0 Å². The molecule has 20 heavy (non-hydrogen) atoms. The molecule has 1 fully saturated rings. The summed E-state index contributed by atoms with van der Waals surface area (Å²) in [6, 6.07) is 0.00588. The molecule has 1 amide bonds. The normalized spacial score (nSPS) is 17.6. The molecule has 0 saturated heterocycles. The van der Waals surface area contributed by atoms with Gasteiger partial charge in [-0.25, -0.2) is 13.6 Å². The molecule has 1 unspecified atom stereocenters. The van der Waals surface area contributed by atoms with Crippen molar-refractivity contribution in [3.8, 4) is 0 Å². The average molecular weight is 300 g/mol. The van der Waals surface area contributed by atoms with Crippen molar-refractivity contribution in [3.63, 3.8) is 0 Å². The molecule has 8 heteroatoms. The number of nitrogens with one attached hydrogen (secondary N) is 2. The fourth-order valence-corrected chi connectivity index (χ4v) is 3.34. The number of hydrogen-bond donors (Lipinski definition) is 3. The van der Waals surface area contributed by atoms with Crippen LogP contribution < -0.4 is 10.5 Å². The highest BCUT2D eigenvalue weighted by Crippen LogP contribution is 2.29. The fraction of sp³-hybridized carbons (Fsp3) is 0.667. The maximum atomic E-state index is 12.2. The van der Waals surface area contributed by atoms with Crippen LogP contribution in [0.25, 0.3) is 0 Å². The van der Waals surface area contributed by atoms with Gasteiger partial charge in [0.25, 0.3) is 5.91 Å². The van der Waals surface area contributed by atoms with Gasteiger partial charge in [-0.3, -0.25) is 9.89 Å². The molecule has 0 aromatic carbocycles. The van der Waals surface area contributed by atoms with Gasteiger partial charge in [0.05, 0.1) is 5.69 Å². The summed E-state index contributed by atoms with van der Waals surface area (Å²) in [4.78, 5) is 12.0. The first-order valence-corrected chi connectivity index (χ1v) is 8.30. The van der Waals surface area contributed by atoms with Crippen LogP contribution in [0.2, 0.25) is 0 Å². The van der Waals surface area contributed by atoms with Crippen molar-refractivity contribution in [3.05, 3.63) is 11.4 Å². The Balaban J connectivity index is 2.23. The first-order valence-electron chi connectivity index (χ1n) is 6.75. The second-order valence-corrected chi connectivity index (χ2v) is 6.73. The summed E-state index contributed by atoms with van der Waals surface area (Å²) in [6.45, 7) is 3.69. The SMILES string of the molecule is CCc1[nH]nc(C(=O)NC(C)C2CCC2)c1S(N)(=O)=O. The van der Waals surface area contributed by atoms with Crippen molar-refractivity contribution in [2.75, 3.05) is 0 Å². The van der Waals surface area contributed by atoms with Crippen molar-refractivity contribution < 1.29 is 13.2 Å². The maximum Gasteiger partial charge on any atom is 0.273 e. The second kappa shape index (κ2) is 5.53. The third kappa shape index (κ3) is 2.85. The van der Waals surface area contributed by atoms with E-state index in [1.165, 1.54) is 6.42 Å². The molecule has 1 aromatic rings. The summed E-state index contributed by atoms with van der Waals surface area (Å²) in [6.07, 6.45) is 3.76. The molecule has 0 bridgehead atoms. The molecular weight excluding hydrogens is 280 g/mol. The van der Waals surface area contributed by atoms with E-state index in [4.69, 9.17) is 5.14 Å². The number of hydrogen-bond acceptors (Lipinski definition) is 4. The lowest BCUT2D eigenvalue weighted by molar-refractivity contribution is 0.0900. The second-order valence-electron chi connectivity index (χ2n) is 5.23. The van der Waals surface area contributed by atoms with Crippen molar-refractivity contribution >= 4 is 15.9 Å². The van der Waals surface area contributed by atoms with Gasteiger partial charge >= 0.3 is 0 Å². The largest absolute Gasteiger partial charge is 0.348 e. The van der Waals surface area contributed by atoms with Crippen molar-refractivity contribution in [2.24, 2.45) is 11.1 Å². The number of aryl methyl sites for hydroxylation is 1. The fourth-order valence-electron chi connectivity index (χ4n) is 2.40. The van der Waals surface area contributed by atoms with Gasteiger partial charge in [0.1, 0.15) is 4.90 Å². The molecular formula is C12H20N4O3S. The zero-order valence-electron chi connectivity index (χ0n) is 11.6. The van der Waals surface area contributed by atoms with Crippen LogP contribution in [0.5, 0.6) is 0 Å². The number of aromatic nitrogens is 2. The molecule has 0 radical (unpaired) electrons. The van der Waals surface area contributed by atoms with E-state index in [9.17, 15) is 13.2 Å². The topological polar surface area (TPSA) is 118 Å². The minimum absolute atomic E-state index is 0.00588. The van der Waals surface area contributed by atoms with Gasteiger partial charge < -0.3 is 5.32 Å². The Morgan fingerprint density at radius 2 is 2.20 bits per heavy atom. The molecule has 7 nitrogen and oxygen atoms in total. The number of carbonyl (C=O) groups is 1. The first kappa shape index (κ1) is 15.0. The summed E-state index contributed by atoms with van der Waals surface area (Å²) in [7, 11) is -3.98. The Morgan fingerprint density at radius 1 is 1.55 bits per heavy atom. The minimum Gasteiger partial charge on any atom is -0.348 e. The van der Waals surface area contributed by atoms with Crippen molar-refractivity contribution in [1.82, 2.24) is 15.5 Å². The van der Waals surface area contributed by atoms with E-state index in [0.717, 1.165) is 12.8 Å². The predicted molar refractivity (Wildman–Crippen MR) is 73.6 cm³/mol. The molecule has 1 aliphatic rings. The third-order valence-corrected chi connectivity index (χ3v) is 4.87. The first-order chi connectivity index (χ1) is 9.34. The standard InChI is InChI=1S/C12H20N4O3S/c1-3-9-11(20(13,18)19)10(16-15-9)12(17)14-7(2)8-5-4-6-8/h7-8H,3-6H2,1-2H3,(H,14,17)(H,15,16)(H2,13,18,19). The summed E-state index contributed by atoms with van der Waals surface area (Å²) in [5, 5.41) is 14.4. The Hall–Kier alpha value is -1.41. The molecule has 1 heterocycles. The monoisotopic (exact) mass is 300 g/mol. The highest BCUT2D eigenvalue weighted by Gasteiger charge is 2.30. The minimum atomic E-state index is -3.98. The van der Waals surface area contributed by atoms with Crippen LogP contribution in [0.4, 0.5) is 0 Å². The van der Waals surface area contributed by atoms with Crippen LogP contribution in [0.1, 0.15) is 49.3 Å². The molecule has 0 spiro atoms. The lowest BCUT2D eigenvalue weighted by Crippen LogP contribution is -2.41. The van der Waals surface area contributed by atoms with E-state index in [1.54, 1.807) is 6.92 Å².